The van der Waals surface area contributed by atoms with Gasteiger partial charge < -0.3 is 4.90 Å². The zero-order valence-corrected chi connectivity index (χ0v) is 15.9. The first-order valence-electron chi connectivity index (χ1n) is 9.61. The average Bonchev–Trinajstić information content (AvgIpc) is 3.26. The highest BCUT2D eigenvalue weighted by Gasteiger charge is 2.31. The van der Waals surface area contributed by atoms with Gasteiger partial charge in [0.05, 0.1) is 16.4 Å². The fraction of sp³-hybridized carbons (Fsp3) is 0.450. The van der Waals surface area contributed by atoms with Crippen LogP contribution in [0.3, 0.4) is 0 Å². The number of piperidine rings is 1. The van der Waals surface area contributed by atoms with E-state index in [9.17, 15) is 9.59 Å². The van der Waals surface area contributed by atoms with E-state index in [0.717, 1.165) is 42.0 Å². The van der Waals surface area contributed by atoms with Crippen LogP contribution in [-0.4, -0.2) is 38.0 Å². The Kier molecular flexibility index (Phi) is 4.11. The van der Waals surface area contributed by atoms with Crippen LogP contribution >= 0.6 is 11.3 Å². The molecule has 1 saturated heterocycles. The summed E-state index contributed by atoms with van der Waals surface area (Å²) in [7, 11) is 0. The van der Waals surface area contributed by atoms with Gasteiger partial charge in [-0.25, -0.2) is 9.78 Å². The Bertz CT molecular complexity index is 1030. The number of hydrogen-bond donors (Lipinski definition) is 0. The molecule has 6 nitrogen and oxygen atoms in total. The predicted octanol–water partition coefficient (Wildman–Crippen LogP) is 3.15. The van der Waals surface area contributed by atoms with Gasteiger partial charge in [0.2, 0.25) is 0 Å². The van der Waals surface area contributed by atoms with Crippen molar-refractivity contribution in [2.45, 2.75) is 38.3 Å². The molecule has 0 N–H and O–H groups in total. The van der Waals surface area contributed by atoms with Crippen LogP contribution in [-0.2, 0) is 6.54 Å². The summed E-state index contributed by atoms with van der Waals surface area (Å²) >= 11 is 1.47. The van der Waals surface area contributed by atoms with Crippen LogP contribution in [0, 0.1) is 5.92 Å². The van der Waals surface area contributed by atoms with Gasteiger partial charge in [0.1, 0.15) is 0 Å². The number of imidazole rings is 1. The highest BCUT2D eigenvalue weighted by Crippen LogP contribution is 2.32. The van der Waals surface area contributed by atoms with Crippen LogP contribution in [0.25, 0.3) is 11.2 Å². The zero-order chi connectivity index (χ0) is 18.4. The average molecular weight is 382 g/mol. The number of amides is 1. The summed E-state index contributed by atoms with van der Waals surface area (Å²) in [6.45, 7) is 2.09. The van der Waals surface area contributed by atoms with Gasteiger partial charge in [0.15, 0.2) is 5.65 Å². The molecule has 0 unspecified atom stereocenters. The SMILES string of the molecule is O=C(c1cccs1)N1CCC[C@H](n2c(=O)n(CC3CC3)c3cccnc32)C1. The van der Waals surface area contributed by atoms with Gasteiger partial charge in [-0.1, -0.05) is 6.07 Å². The lowest BCUT2D eigenvalue weighted by atomic mass is 10.1. The standard InChI is InChI=1S/C20H22N4O2S/c25-19(17-6-3-11-27-17)22-10-2-4-15(13-22)24-18-16(5-1-9-21-18)23(20(24)26)12-14-7-8-14/h1,3,5-6,9,11,14-15H,2,4,7-8,10,12-13H2/t15-/m0/s1. The molecule has 1 atom stereocenters. The van der Waals surface area contributed by atoms with Gasteiger partial charge in [-0.05, 0) is 55.2 Å². The lowest BCUT2D eigenvalue weighted by molar-refractivity contribution is 0.0684. The van der Waals surface area contributed by atoms with Crippen LogP contribution in [0.2, 0.25) is 0 Å². The Morgan fingerprint density at radius 2 is 2.11 bits per heavy atom. The molecule has 0 spiro atoms. The van der Waals surface area contributed by atoms with E-state index in [-0.39, 0.29) is 17.6 Å². The molecule has 0 bridgehead atoms. The van der Waals surface area contributed by atoms with Crippen molar-refractivity contribution in [3.05, 3.63) is 51.2 Å². The zero-order valence-electron chi connectivity index (χ0n) is 15.1. The number of pyridine rings is 1. The van der Waals surface area contributed by atoms with E-state index in [0.29, 0.717) is 12.5 Å². The Morgan fingerprint density at radius 1 is 1.22 bits per heavy atom. The van der Waals surface area contributed by atoms with E-state index in [1.165, 1.54) is 24.2 Å². The molecule has 3 aromatic rings. The number of carbonyl (C=O) groups is 1. The number of carbonyl (C=O) groups excluding carboxylic acids is 1. The van der Waals surface area contributed by atoms with Crippen molar-refractivity contribution in [3.8, 4) is 0 Å². The van der Waals surface area contributed by atoms with Crippen molar-refractivity contribution in [1.29, 1.82) is 0 Å². The molecule has 27 heavy (non-hydrogen) atoms. The monoisotopic (exact) mass is 382 g/mol. The fourth-order valence-corrected chi connectivity index (χ4v) is 4.77. The maximum atomic E-state index is 13.2. The molecular weight excluding hydrogens is 360 g/mol. The molecule has 1 saturated carbocycles. The van der Waals surface area contributed by atoms with Crippen LogP contribution in [0.5, 0.6) is 0 Å². The number of likely N-dealkylation sites (tertiary alicyclic amines) is 1. The van der Waals surface area contributed by atoms with Crippen molar-refractivity contribution in [3.63, 3.8) is 0 Å². The Labute approximate surface area is 161 Å². The topological polar surface area (TPSA) is 60.1 Å². The summed E-state index contributed by atoms with van der Waals surface area (Å²) in [5, 5.41) is 1.93. The van der Waals surface area contributed by atoms with Gasteiger partial charge in [0, 0.05) is 25.8 Å². The predicted molar refractivity (Wildman–Crippen MR) is 105 cm³/mol. The van der Waals surface area contributed by atoms with Crippen LogP contribution < -0.4 is 5.69 Å². The summed E-state index contributed by atoms with van der Waals surface area (Å²) in [5.74, 6) is 0.683. The number of aromatic nitrogens is 3. The lowest BCUT2D eigenvalue weighted by Gasteiger charge is -2.33. The van der Waals surface area contributed by atoms with Gasteiger partial charge in [-0.15, -0.1) is 11.3 Å². The van der Waals surface area contributed by atoms with Crippen LogP contribution in [0.15, 0.2) is 40.6 Å². The third-order valence-electron chi connectivity index (χ3n) is 5.64. The highest BCUT2D eigenvalue weighted by molar-refractivity contribution is 7.12. The molecular formula is C20H22N4O2S. The number of hydrogen-bond acceptors (Lipinski definition) is 4. The summed E-state index contributed by atoms with van der Waals surface area (Å²) in [4.78, 5) is 33.2. The summed E-state index contributed by atoms with van der Waals surface area (Å²) in [6, 6.07) is 7.63. The maximum absolute atomic E-state index is 13.2. The molecule has 5 rings (SSSR count). The van der Waals surface area contributed by atoms with Crippen molar-refractivity contribution >= 4 is 28.4 Å². The molecule has 0 radical (unpaired) electrons. The number of thiophene rings is 1. The second-order valence-corrected chi connectivity index (χ2v) is 8.52. The molecule has 1 amide bonds. The summed E-state index contributed by atoms with van der Waals surface area (Å²) < 4.78 is 3.73. The number of nitrogens with zero attached hydrogens (tertiary/aromatic N) is 4. The van der Waals surface area contributed by atoms with E-state index < -0.39 is 0 Å². The second-order valence-electron chi connectivity index (χ2n) is 7.58. The molecule has 3 aromatic heterocycles. The third-order valence-corrected chi connectivity index (χ3v) is 6.50. The highest BCUT2D eigenvalue weighted by atomic mass is 32.1. The van der Waals surface area contributed by atoms with Gasteiger partial charge >= 0.3 is 5.69 Å². The largest absolute Gasteiger partial charge is 0.336 e. The first-order valence-corrected chi connectivity index (χ1v) is 10.5. The Hall–Kier alpha value is -2.41. The lowest BCUT2D eigenvalue weighted by Crippen LogP contribution is -2.43. The minimum Gasteiger partial charge on any atom is -0.336 e. The van der Waals surface area contributed by atoms with Gasteiger partial charge in [0.25, 0.3) is 5.91 Å². The van der Waals surface area contributed by atoms with Crippen molar-refractivity contribution < 1.29 is 4.79 Å². The van der Waals surface area contributed by atoms with Crippen molar-refractivity contribution in [2.75, 3.05) is 13.1 Å². The van der Waals surface area contributed by atoms with Crippen molar-refractivity contribution in [2.24, 2.45) is 5.92 Å². The second kappa shape index (κ2) is 6.64. The minimum atomic E-state index is -0.0204. The van der Waals surface area contributed by atoms with E-state index in [1.54, 1.807) is 6.20 Å². The quantitative estimate of drug-likeness (QED) is 0.696. The molecule has 1 aliphatic heterocycles. The number of fused-ring (bicyclic) bond motifs is 1. The smallest absolute Gasteiger partial charge is 0.330 e. The van der Waals surface area contributed by atoms with E-state index in [4.69, 9.17) is 0 Å². The minimum absolute atomic E-state index is 0.0195. The molecule has 0 aromatic carbocycles. The molecule has 1 aliphatic carbocycles. The first-order chi connectivity index (χ1) is 13.2. The van der Waals surface area contributed by atoms with Crippen LogP contribution in [0.4, 0.5) is 0 Å². The van der Waals surface area contributed by atoms with E-state index in [2.05, 4.69) is 4.98 Å². The molecule has 7 heteroatoms. The van der Waals surface area contributed by atoms with E-state index >= 15 is 0 Å². The van der Waals surface area contributed by atoms with Gasteiger partial charge in [-0.3, -0.25) is 13.9 Å². The summed E-state index contributed by atoms with van der Waals surface area (Å²) in [5.41, 5.74) is 1.68. The van der Waals surface area contributed by atoms with Gasteiger partial charge in [-0.2, -0.15) is 0 Å². The summed E-state index contributed by atoms with van der Waals surface area (Å²) in [6.07, 6.45) is 5.94. The Balaban J connectivity index is 1.50. The normalized spacial score (nSPS) is 20.3. The maximum Gasteiger partial charge on any atom is 0.330 e. The molecule has 2 aliphatic rings. The molecule has 140 valence electrons. The van der Waals surface area contributed by atoms with E-state index in [1.807, 2.05) is 43.7 Å². The number of rotatable bonds is 4. The third kappa shape index (κ3) is 3.00. The molecule has 2 fully saturated rings. The van der Waals surface area contributed by atoms with Crippen LogP contribution in [0.1, 0.15) is 41.4 Å². The molecule has 4 heterocycles. The first kappa shape index (κ1) is 16.7. The van der Waals surface area contributed by atoms with Crippen molar-refractivity contribution in [1.82, 2.24) is 19.0 Å². The Morgan fingerprint density at radius 3 is 2.89 bits per heavy atom. The fourth-order valence-electron chi connectivity index (χ4n) is 4.08.